The summed E-state index contributed by atoms with van der Waals surface area (Å²) in [6.07, 6.45) is 3.19. The summed E-state index contributed by atoms with van der Waals surface area (Å²) in [5.41, 5.74) is 2.63. The third-order valence-corrected chi connectivity index (χ3v) is 3.01. The van der Waals surface area contributed by atoms with Gasteiger partial charge in [0.15, 0.2) is 0 Å². The van der Waals surface area contributed by atoms with Gasteiger partial charge in [-0.15, -0.1) is 0 Å². The van der Waals surface area contributed by atoms with Crippen molar-refractivity contribution in [1.82, 2.24) is 9.97 Å². The van der Waals surface area contributed by atoms with Crippen molar-refractivity contribution < 1.29 is 4.92 Å². The smallest absolute Gasteiger partial charge is 0.332 e. The van der Waals surface area contributed by atoms with Crippen molar-refractivity contribution >= 4 is 17.5 Å². The van der Waals surface area contributed by atoms with E-state index in [0.717, 1.165) is 32.4 Å². The van der Waals surface area contributed by atoms with Crippen molar-refractivity contribution in [3.63, 3.8) is 0 Å². The third-order valence-electron chi connectivity index (χ3n) is 3.01. The van der Waals surface area contributed by atoms with E-state index in [1.807, 2.05) is 4.90 Å². The molecule has 8 nitrogen and oxygen atoms in total. The average molecular weight is 252 g/mol. The fraction of sp³-hybridized carbons (Fsp3) is 0.600. The highest BCUT2D eigenvalue weighted by Crippen LogP contribution is 2.31. The summed E-state index contributed by atoms with van der Waals surface area (Å²) in [5.74, 6) is 5.85. The van der Waals surface area contributed by atoms with Crippen molar-refractivity contribution in [1.29, 1.82) is 0 Å². The lowest BCUT2D eigenvalue weighted by molar-refractivity contribution is -0.385. The van der Waals surface area contributed by atoms with Gasteiger partial charge in [0.2, 0.25) is 11.8 Å². The summed E-state index contributed by atoms with van der Waals surface area (Å²) < 4.78 is 0. The zero-order chi connectivity index (χ0) is 13.1. The minimum Gasteiger partial charge on any atom is -0.351 e. The Bertz CT molecular complexity index is 458. The van der Waals surface area contributed by atoms with Crippen molar-refractivity contribution in [2.75, 3.05) is 23.4 Å². The van der Waals surface area contributed by atoms with Gasteiger partial charge in [0, 0.05) is 13.1 Å². The topological polar surface area (TPSA) is 110 Å². The molecule has 1 aromatic heterocycles. The minimum absolute atomic E-state index is 0.0316. The number of nitrogens with two attached hydrogens (primary N) is 1. The lowest BCUT2D eigenvalue weighted by Gasteiger charge is -2.27. The second-order valence-corrected chi connectivity index (χ2v) is 4.25. The highest BCUT2D eigenvalue weighted by atomic mass is 16.6. The molecule has 0 saturated carbocycles. The predicted molar refractivity (Wildman–Crippen MR) is 67.3 cm³/mol. The molecule has 0 spiro atoms. The fourth-order valence-electron chi connectivity index (χ4n) is 2.16. The van der Waals surface area contributed by atoms with E-state index in [1.165, 1.54) is 0 Å². The van der Waals surface area contributed by atoms with E-state index in [2.05, 4.69) is 15.4 Å². The third kappa shape index (κ3) is 2.33. The van der Waals surface area contributed by atoms with Crippen molar-refractivity contribution in [3.05, 3.63) is 15.8 Å². The molecule has 98 valence electrons. The van der Waals surface area contributed by atoms with Gasteiger partial charge in [0.25, 0.3) is 0 Å². The number of nitrogen functional groups attached to an aromatic ring is 1. The molecule has 3 N–H and O–H groups in total. The van der Waals surface area contributed by atoms with Crippen molar-refractivity contribution in [2.24, 2.45) is 5.84 Å². The van der Waals surface area contributed by atoms with Crippen LogP contribution in [0.2, 0.25) is 0 Å². The number of nitrogens with zero attached hydrogens (tertiary/aromatic N) is 4. The van der Waals surface area contributed by atoms with Crippen molar-refractivity contribution in [2.45, 2.75) is 26.2 Å². The molecule has 1 aliphatic heterocycles. The number of hydrogen-bond donors (Lipinski definition) is 2. The van der Waals surface area contributed by atoms with Gasteiger partial charge in [0.1, 0.15) is 5.69 Å². The van der Waals surface area contributed by atoms with E-state index >= 15 is 0 Å². The van der Waals surface area contributed by atoms with Crippen LogP contribution in [0.25, 0.3) is 0 Å². The Morgan fingerprint density at radius 2 is 2.00 bits per heavy atom. The molecule has 0 amide bonds. The Balaban J connectivity index is 2.47. The van der Waals surface area contributed by atoms with E-state index in [0.29, 0.717) is 11.5 Å². The van der Waals surface area contributed by atoms with Gasteiger partial charge in [-0.2, -0.15) is 4.98 Å². The Kier molecular flexibility index (Phi) is 3.56. The molecular weight excluding hydrogens is 236 g/mol. The number of anilines is 2. The second kappa shape index (κ2) is 5.13. The van der Waals surface area contributed by atoms with Gasteiger partial charge in [-0.3, -0.25) is 15.5 Å². The molecule has 1 fully saturated rings. The molecule has 2 heterocycles. The van der Waals surface area contributed by atoms with Crippen LogP contribution in [0.1, 0.15) is 25.0 Å². The lowest BCUT2D eigenvalue weighted by Crippen LogP contribution is -2.31. The van der Waals surface area contributed by atoms with Gasteiger partial charge in [-0.1, -0.05) is 0 Å². The summed E-state index contributed by atoms with van der Waals surface area (Å²) >= 11 is 0. The summed E-state index contributed by atoms with van der Waals surface area (Å²) in [6.45, 7) is 3.15. The SMILES string of the molecule is Cc1nc(NN)nc(N2CCCCC2)c1[N+](=O)[O-]. The van der Waals surface area contributed by atoms with Crippen LogP contribution in [0.3, 0.4) is 0 Å². The molecule has 0 aliphatic carbocycles. The number of rotatable bonds is 3. The number of hydrazine groups is 1. The molecule has 0 unspecified atom stereocenters. The Hall–Kier alpha value is -1.96. The number of piperidine rings is 1. The van der Waals surface area contributed by atoms with Crippen LogP contribution in [0.15, 0.2) is 0 Å². The maximum Gasteiger partial charge on any atom is 0.332 e. The standard InChI is InChI=1S/C10H16N6O2/c1-7-8(16(17)18)9(13-10(12-7)14-11)15-5-3-2-4-6-15/h2-6,11H2,1H3,(H,12,13,14). The van der Waals surface area contributed by atoms with Crippen LogP contribution >= 0.6 is 0 Å². The number of hydrogen-bond acceptors (Lipinski definition) is 7. The van der Waals surface area contributed by atoms with E-state index in [9.17, 15) is 10.1 Å². The van der Waals surface area contributed by atoms with Gasteiger partial charge in [0.05, 0.1) is 4.92 Å². The van der Waals surface area contributed by atoms with E-state index in [1.54, 1.807) is 6.92 Å². The molecule has 18 heavy (non-hydrogen) atoms. The number of aromatic nitrogens is 2. The molecular formula is C10H16N6O2. The number of aryl methyl sites for hydroxylation is 1. The van der Waals surface area contributed by atoms with Gasteiger partial charge < -0.3 is 4.90 Å². The molecule has 0 radical (unpaired) electrons. The minimum atomic E-state index is -0.431. The van der Waals surface area contributed by atoms with E-state index in [4.69, 9.17) is 5.84 Å². The number of nitrogens with one attached hydrogen (secondary N) is 1. The second-order valence-electron chi connectivity index (χ2n) is 4.25. The average Bonchev–Trinajstić information content (AvgIpc) is 2.38. The molecule has 8 heteroatoms. The maximum absolute atomic E-state index is 11.1. The normalized spacial score (nSPS) is 15.6. The molecule has 1 aliphatic rings. The number of nitro groups is 1. The van der Waals surface area contributed by atoms with Crippen LogP contribution in [0.5, 0.6) is 0 Å². The lowest BCUT2D eigenvalue weighted by atomic mass is 10.1. The summed E-state index contributed by atoms with van der Waals surface area (Å²) in [4.78, 5) is 20.7. The van der Waals surface area contributed by atoms with E-state index in [-0.39, 0.29) is 11.6 Å². The van der Waals surface area contributed by atoms with Crippen molar-refractivity contribution in [3.8, 4) is 0 Å². The van der Waals surface area contributed by atoms with Crippen LogP contribution in [-0.4, -0.2) is 28.0 Å². The molecule has 0 aromatic carbocycles. The van der Waals surface area contributed by atoms with E-state index < -0.39 is 4.92 Å². The van der Waals surface area contributed by atoms with Crippen LogP contribution < -0.4 is 16.2 Å². The first-order valence-electron chi connectivity index (χ1n) is 5.88. The Morgan fingerprint density at radius 1 is 1.33 bits per heavy atom. The largest absolute Gasteiger partial charge is 0.351 e. The predicted octanol–water partition coefficient (Wildman–Crippen LogP) is 0.969. The summed E-state index contributed by atoms with van der Waals surface area (Å²) in [7, 11) is 0. The molecule has 1 aromatic rings. The maximum atomic E-state index is 11.1. The van der Waals surface area contributed by atoms with Crippen LogP contribution in [-0.2, 0) is 0 Å². The molecule has 1 saturated heterocycles. The Labute approximate surface area is 104 Å². The highest BCUT2D eigenvalue weighted by molar-refractivity contribution is 5.62. The first-order chi connectivity index (χ1) is 8.63. The Morgan fingerprint density at radius 3 is 2.56 bits per heavy atom. The monoisotopic (exact) mass is 252 g/mol. The summed E-state index contributed by atoms with van der Waals surface area (Å²) in [6, 6.07) is 0. The highest BCUT2D eigenvalue weighted by Gasteiger charge is 2.27. The van der Waals surface area contributed by atoms with Gasteiger partial charge in [-0.05, 0) is 26.2 Å². The first-order valence-corrected chi connectivity index (χ1v) is 5.88. The zero-order valence-electron chi connectivity index (χ0n) is 10.2. The van der Waals surface area contributed by atoms with Crippen LogP contribution in [0, 0.1) is 17.0 Å². The zero-order valence-corrected chi connectivity index (χ0v) is 10.2. The van der Waals surface area contributed by atoms with Gasteiger partial charge in [-0.25, -0.2) is 10.8 Å². The quantitative estimate of drug-likeness (QED) is 0.468. The molecule has 0 atom stereocenters. The molecule has 2 rings (SSSR count). The van der Waals surface area contributed by atoms with Gasteiger partial charge >= 0.3 is 5.69 Å². The first kappa shape index (κ1) is 12.5. The molecule has 0 bridgehead atoms. The fourth-order valence-corrected chi connectivity index (χ4v) is 2.16. The summed E-state index contributed by atoms with van der Waals surface area (Å²) in [5, 5.41) is 11.1. The van der Waals surface area contributed by atoms with Crippen LogP contribution in [0.4, 0.5) is 17.5 Å².